The van der Waals surface area contributed by atoms with Gasteiger partial charge in [-0.25, -0.2) is 13.2 Å². The average Bonchev–Trinajstić information content (AvgIpc) is 2.82. The first-order valence-electron chi connectivity index (χ1n) is 10.7. The maximum atomic E-state index is 14.3. The standard InChI is InChI=1S/C25H23F6N3O/c1-14-11-15(3-6-20(14)27)18(16-4-8-22(34-13-16)25(29,30)31)9-10-33-23(24(35)32-2)19-12-17(26)5-7-21(19)28/h3-8,11-13,18,23,33H,9-10H2,1-2H3,(H,32,35)/t18-,23-/m0/s1. The molecule has 3 aromatic rings. The molecule has 2 aromatic carbocycles. The number of carbonyl (C=O) groups is 1. The molecule has 2 atom stereocenters. The largest absolute Gasteiger partial charge is 0.433 e. The molecule has 1 heterocycles. The van der Waals surface area contributed by atoms with Crippen LogP contribution >= 0.6 is 0 Å². The van der Waals surface area contributed by atoms with Gasteiger partial charge in [0.15, 0.2) is 0 Å². The van der Waals surface area contributed by atoms with Crippen molar-refractivity contribution in [2.75, 3.05) is 13.6 Å². The Hall–Kier alpha value is -3.40. The SMILES string of the molecule is CNC(=O)[C@@H](NCC[C@H](c1ccc(C(F)(F)F)nc1)c1ccc(F)c(C)c1)c1cc(F)ccc1F. The Morgan fingerprint density at radius 3 is 2.26 bits per heavy atom. The minimum absolute atomic E-state index is 0.0934. The van der Waals surface area contributed by atoms with Crippen molar-refractivity contribution in [3.05, 3.63) is 100 Å². The Kier molecular flexibility index (Phi) is 8.16. The van der Waals surface area contributed by atoms with E-state index in [4.69, 9.17) is 0 Å². The van der Waals surface area contributed by atoms with Gasteiger partial charge >= 0.3 is 6.18 Å². The lowest BCUT2D eigenvalue weighted by Crippen LogP contribution is -2.37. The third-order valence-corrected chi connectivity index (χ3v) is 5.62. The first-order chi connectivity index (χ1) is 16.5. The Balaban J connectivity index is 1.88. The van der Waals surface area contributed by atoms with Gasteiger partial charge in [-0.3, -0.25) is 9.78 Å². The highest BCUT2D eigenvalue weighted by Gasteiger charge is 2.32. The quantitative estimate of drug-likeness (QED) is 0.410. The van der Waals surface area contributed by atoms with E-state index in [1.165, 1.54) is 25.2 Å². The molecule has 0 aliphatic rings. The topological polar surface area (TPSA) is 54.0 Å². The Labute approximate surface area is 198 Å². The second-order valence-electron chi connectivity index (χ2n) is 7.99. The van der Waals surface area contributed by atoms with Crippen molar-refractivity contribution >= 4 is 5.91 Å². The van der Waals surface area contributed by atoms with Crippen LogP contribution < -0.4 is 10.6 Å². The zero-order valence-corrected chi connectivity index (χ0v) is 18.9. The second kappa shape index (κ2) is 10.9. The number of hydrogen-bond acceptors (Lipinski definition) is 3. The summed E-state index contributed by atoms with van der Waals surface area (Å²) in [6.07, 6.45) is -3.25. The fraction of sp³-hybridized carbons (Fsp3) is 0.280. The summed E-state index contributed by atoms with van der Waals surface area (Å²) in [5, 5.41) is 5.29. The van der Waals surface area contributed by atoms with Crippen LogP contribution in [0.15, 0.2) is 54.7 Å². The number of nitrogens with zero attached hydrogens (tertiary/aromatic N) is 1. The normalized spacial score (nSPS) is 13.4. The lowest BCUT2D eigenvalue weighted by molar-refractivity contribution is -0.141. The number of rotatable bonds is 8. The zero-order valence-electron chi connectivity index (χ0n) is 18.9. The van der Waals surface area contributed by atoms with Crippen molar-refractivity contribution in [2.24, 2.45) is 0 Å². The molecule has 3 rings (SSSR count). The number of aryl methyl sites for hydroxylation is 1. The van der Waals surface area contributed by atoms with E-state index in [9.17, 15) is 31.1 Å². The molecule has 1 aromatic heterocycles. The van der Waals surface area contributed by atoms with Crippen LogP contribution in [-0.2, 0) is 11.0 Å². The number of alkyl halides is 3. The molecule has 0 bridgehead atoms. The van der Waals surface area contributed by atoms with Crippen molar-refractivity contribution in [1.29, 1.82) is 0 Å². The first kappa shape index (κ1) is 26.2. The highest BCUT2D eigenvalue weighted by Crippen LogP contribution is 2.32. The van der Waals surface area contributed by atoms with E-state index in [-0.39, 0.29) is 18.5 Å². The smallest absolute Gasteiger partial charge is 0.358 e. The number of aromatic nitrogens is 1. The summed E-state index contributed by atoms with van der Waals surface area (Å²) in [5.74, 6) is -3.03. The van der Waals surface area contributed by atoms with Gasteiger partial charge in [-0.2, -0.15) is 13.2 Å². The maximum Gasteiger partial charge on any atom is 0.433 e. The second-order valence-corrected chi connectivity index (χ2v) is 7.99. The van der Waals surface area contributed by atoms with Crippen LogP contribution in [0.2, 0.25) is 0 Å². The van der Waals surface area contributed by atoms with E-state index in [0.29, 0.717) is 16.7 Å². The van der Waals surface area contributed by atoms with E-state index in [0.717, 1.165) is 30.5 Å². The summed E-state index contributed by atoms with van der Waals surface area (Å²) < 4.78 is 80.7. The summed E-state index contributed by atoms with van der Waals surface area (Å²) in [6.45, 7) is 1.66. The summed E-state index contributed by atoms with van der Waals surface area (Å²) in [4.78, 5) is 15.9. The summed E-state index contributed by atoms with van der Waals surface area (Å²) >= 11 is 0. The molecule has 0 saturated carbocycles. The number of halogens is 6. The van der Waals surface area contributed by atoms with Gasteiger partial charge in [0.25, 0.3) is 0 Å². The molecule has 0 unspecified atom stereocenters. The molecule has 0 radical (unpaired) electrons. The Morgan fingerprint density at radius 2 is 1.66 bits per heavy atom. The number of pyridine rings is 1. The van der Waals surface area contributed by atoms with Gasteiger partial charge in [0.1, 0.15) is 29.2 Å². The molecule has 0 saturated heterocycles. The van der Waals surface area contributed by atoms with Gasteiger partial charge in [-0.1, -0.05) is 18.2 Å². The van der Waals surface area contributed by atoms with Gasteiger partial charge in [-0.05, 0) is 66.9 Å². The summed E-state index contributed by atoms with van der Waals surface area (Å²) in [5.41, 5.74) is 0.190. The van der Waals surface area contributed by atoms with Gasteiger partial charge < -0.3 is 10.6 Å². The van der Waals surface area contributed by atoms with Crippen molar-refractivity contribution in [2.45, 2.75) is 31.5 Å². The van der Waals surface area contributed by atoms with Crippen LogP contribution in [0, 0.1) is 24.4 Å². The van der Waals surface area contributed by atoms with Crippen LogP contribution in [-0.4, -0.2) is 24.5 Å². The van der Waals surface area contributed by atoms with Crippen molar-refractivity contribution in [1.82, 2.24) is 15.6 Å². The van der Waals surface area contributed by atoms with Crippen molar-refractivity contribution < 1.29 is 31.1 Å². The van der Waals surface area contributed by atoms with E-state index < -0.39 is 47.2 Å². The summed E-state index contributed by atoms with van der Waals surface area (Å²) in [6, 6.07) is 8.08. The van der Waals surface area contributed by atoms with Crippen LogP contribution in [0.25, 0.3) is 0 Å². The fourth-order valence-electron chi connectivity index (χ4n) is 3.79. The number of nitrogens with one attached hydrogen (secondary N) is 2. The molecular formula is C25H23F6N3O. The van der Waals surface area contributed by atoms with E-state index in [1.807, 2.05) is 0 Å². The number of amides is 1. The Morgan fingerprint density at radius 1 is 0.971 bits per heavy atom. The maximum absolute atomic E-state index is 14.3. The van der Waals surface area contributed by atoms with Crippen LogP contribution in [0.4, 0.5) is 26.3 Å². The van der Waals surface area contributed by atoms with Gasteiger partial charge in [-0.15, -0.1) is 0 Å². The molecular weight excluding hydrogens is 472 g/mol. The molecule has 4 nitrogen and oxygen atoms in total. The predicted molar refractivity (Wildman–Crippen MR) is 118 cm³/mol. The Bertz CT molecular complexity index is 1180. The third-order valence-electron chi connectivity index (χ3n) is 5.62. The van der Waals surface area contributed by atoms with E-state index in [1.54, 1.807) is 13.0 Å². The number of likely N-dealkylation sites (N-methyl/N-ethyl adjacent to an activating group) is 1. The van der Waals surface area contributed by atoms with Crippen molar-refractivity contribution in [3.63, 3.8) is 0 Å². The third kappa shape index (κ3) is 6.39. The average molecular weight is 495 g/mol. The molecule has 0 fully saturated rings. The van der Waals surface area contributed by atoms with Gasteiger partial charge in [0.05, 0.1) is 0 Å². The molecule has 0 aliphatic heterocycles. The highest BCUT2D eigenvalue weighted by molar-refractivity contribution is 5.83. The van der Waals surface area contributed by atoms with Crippen LogP contribution in [0.1, 0.15) is 46.3 Å². The van der Waals surface area contributed by atoms with E-state index in [2.05, 4.69) is 15.6 Å². The molecule has 0 aliphatic carbocycles. The zero-order chi connectivity index (χ0) is 25.8. The summed E-state index contributed by atoms with van der Waals surface area (Å²) in [7, 11) is 1.35. The number of benzene rings is 2. The van der Waals surface area contributed by atoms with Gasteiger partial charge in [0, 0.05) is 24.7 Å². The lowest BCUT2D eigenvalue weighted by Gasteiger charge is -2.22. The molecule has 10 heteroatoms. The molecule has 0 spiro atoms. The predicted octanol–water partition coefficient (Wildman–Crippen LogP) is 5.43. The minimum Gasteiger partial charge on any atom is -0.358 e. The number of hydrogen-bond donors (Lipinski definition) is 2. The van der Waals surface area contributed by atoms with Crippen LogP contribution in [0.3, 0.4) is 0 Å². The highest BCUT2D eigenvalue weighted by atomic mass is 19.4. The minimum atomic E-state index is -4.60. The monoisotopic (exact) mass is 495 g/mol. The van der Waals surface area contributed by atoms with Crippen LogP contribution in [0.5, 0.6) is 0 Å². The molecule has 2 N–H and O–H groups in total. The van der Waals surface area contributed by atoms with Gasteiger partial charge in [0.2, 0.25) is 5.91 Å². The van der Waals surface area contributed by atoms with Crippen molar-refractivity contribution in [3.8, 4) is 0 Å². The number of carbonyl (C=O) groups excluding carboxylic acids is 1. The molecule has 35 heavy (non-hydrogen) atoms. The van der Waals surface area contributed by atoms with E-state index >= 15 is 0 Å². The first-order valence-corrected chi connectivity index (χ1v) is 10.7. The lowest BCUT2D eigenvalue weighted by atomic mass is 9.88. The molecule has 186 valence electrons. The fourth-order valence-corrected chi connectivity index (χ4v) is 3.79. The molecule has 1 amide bonds.